The van der Waals surface area contributed by atoms with Crippen molar-refractivity contribution in [2.45, 2.75) is 0 Å². The lowest BCUT2D eigenvalue weighted by atomic mass is 9.92. The predicted octanol–water partition coefficient (Wildman–Crippen LogP) is 11.8. The molecule has 10 rings (SSSR count). The number of fused-ring (bicyclic) bond motifs is 2. The maximum absolute atomic E-state index is 5.02. The van der Waals surface area contributed by atoms with Crippen LogP contribution in [0.2, 0.25) is 0 Å². The van der Waals surface area contributed by atoms with E-state index in [-0.39, 0.29) is 0 Å². The topological polar surface area (TPSA) is 69.4 Å². The number of benzene rings is 7. The van der Waals surface area contributed by atoms with Gasteiger partial charge in [0.05, 0.1) is 11.0 Å². The van der Waals surface area contributed by atoms with E-state index in [4.69, 9.17) is 19.9 Å². The molecule has 0 aliphatic heterocycles. The van der Waals surface area contributed by atoms with E-state index in [0.29, 0.717) is 17.5 Å². The fraction of sp³-hybridized carbons (Fsp3) is 0. The summed E-state index contributed by atoms with van der Waals surface area (Å²) in [4.78, 5) is 24.6. The first-order valence-electron chi connectivity index (χ1n) is 18.3. The van der Waals surface area contributed by atoms with Gasteiger partial charge in [-0.25, -0.2) is 19.9 Å². The van der Waals surface area contributed by atoms with Crippen LogP contribution in [0, 0.1) is 0 Å². The molecule has 0 aliphatic carbocycles. The van der Waals surface area contributed by atoms with Gasteiger partial charge in [-0.3, -0.25) is 9.55 Å². The van der Waals surface area contributed by atoms with Crippen LogP contribution in [-0.2, 0) is 0 Å². The van der Waals surface area contributed by atoms with Gasteiger partial charge in [0.15, 0.2) is 23.3 Å². The molecule has 0 N–H and O–H groups in total. The molecule has 10 aromatic rings. The smallest absolute Gasteiger partial charge is 0.164 e. The van der Waals surface area contributed by atoms with Gasteiger partial charge < -0.3 is 0 Å². The van der Waals surface area contributed by atoms with Crippen molar-refractivity contribution >= 4 is 21.8 Å². The summed E-state index contributed by atoms with van der Waals surface area (Å²) in [6.07, 6.45) is 1.81. The molecule has 0 saturated carbocycles. The molecule has 0 bridgehead atoms. The maximum Gasteiger partial charge on any atom is 0.164 e. The number of imidazole rings is 1. The highest BCUT2D eigenvalue weighted by molar-refractivity contribution is 6.00. The van der Waals surface area contributed by atoms with Crippen LogP contribution in [0.4, 0.5) is 0 Å². The normalized spacial score (nSPS) is 11.3. The zero-order chi connectivity index (χ0) is 36.6. The number of rotatable bonds is 7. The standard InChI is InChI=1S/C49H32N6/c1-3-15-33(16-4-1)46-52-47(34-17-5-2-6-18-34)54-48(53-46)38-22-13-21-37(29-38)42-32-39(30-36-19-7-8-24-41(36)42)35-20-14-23-40(31-35)55-45-27-10-9-25-43(45)51-49(55)44-26-11-12-28-50-44/h1-32H. The minimum atomic E-state index is 0.624. The van der Waals surface area contributed by atoms with E-state index in [0.717, 1.165) is 72.6 Å². The Hall–Kier alpha value is -7.57. The van der Waals surface area contributed by atoms with Gasteiger partial charge in [-0.05, 0) is 87.6 Å². The summed E-state index contributed by atoms with van der Waals surface area (Å²) >= 11 is 0. The molecule has 55 heavy (non-hydrogen) atoms. The molecule has 258 valence electrons. The molecular weight excluding hydrogens is 673 g/mol. The highest BCUT2D eigenvalue weighted by Crippen LogP contribution is 2.37. The van der Waals surface area contributed by atoms with Crippen LogP contribution in [0.25, 0.3) is 95.4 Å². The summed E-state index contributed by atoms with van der Waals surface area (Å²) in [7, 11) is 0. The Morgan fingerprint density at radius 3 is 1.76 bits per heavy atom. The van der Waals surface area contributed by atoms with Gasteiger partial charge in [-0.15, -0.1) is 0 Å². The number of hydrogen-bond donors (Lipinski definition) is 0. The van der Waals surface area contributed by atoms with Crippen LogP contribution in [0.15, 0.2) is 194 Å². The van der Waals surface area contributed by atoms with Crippen molar-refractivity contribution in [3.8, 4) is 73.6 Å². The number of nitrogens with zero attached hydrogens (tertiary/aromatic N) is 6. The first kappa shape index (κ1) is 32.1. The second-order valence-corrected chi connectivity index (χ2v) is 13.4. The minimum Gasteiger partial charge on any atom is -0.291 e. The minimum absolute atomic E-state index is 0.624. The van der Waals surface area contributed by atoms with Crippen molar-refractivity contribution in [2.24, 2.45) is 0 Å². The Morgan fingerprint density at radius 1 is 0.382 bits per heavy atom. The first-order valence-corrected chi connectivity index (χ1v) is 18.3. The third kappa shape index (κ3) is 6.11. The quantitative estimate of drug-likeness (QED) is 0.165. The highest BCUT2D eigenvalue weighted by Gasteiger charge is 2.17. The van der Waals surface area contributed by atoms with E-state index >= 15 is 0 Å². The molecular formula is C49H32N6. The fourth-order valence-electron chi connectivity index (χ4n) is 7.26. The van der Waals surface area contributed by atoms with Crippen LogP contribution in [-0.4, -0.2) is 29.5 Å². The van der Waals surface area contributed by atoms with Crippen LogP contribution in [0.3, 0.4) is 0 Å². The molecule has 0 fully saturated rings. The van der Waals surface area contributed by atoms with Crippen molar-refractivity contribution in [1.29, 1.82) is 0 Å². The van der Waals surface area contributed by atoms with Crippen molar-refractivity contribution in [3.05, 3.63) is 194 Å². The molecule has 0 atom stereocenters. The number of pyridine rings is 1. The highest BCUT2D eigenvalue weighted by atomic mass is 15.1. The summed E-state index contributed by atoms with van der Waals surface area (Å²) in [6.45, 7) is 0. The summed E-state index contributed by atoms with van der Waals surface area (Å²) in [6, 6.07) is 64.7. The molecule has 6 heteroatoms. The second-order valence-electron chi connectivity index (χ2n) is 13.4. The van der Waals surface area contributed by atoms with Crippen LogP contribution < -0.4 is 0 Å². The van der Waals surface area contributed by atoms with Gasteiger partial charge in [0, 0.05) is 28.6 Å². The zero-order valence-electron chi connectivity index (χ0n) is 29.7. The van der Waals surface area contributed by atoms with E-state index in [2.05, 4.69) is 107 Å². The molecule has 3 aromatic heterocycles. The van der Waals surface area contributed by atoms with E-state index in [9.17, 15) is 0 Å². The summed E-state index contributed by atoms with van der Waals surface area (Å²) in [5, 5.41) is 2.33. The average Bonchev–Trinajstić information content (AvgIpc) is 3.67. The zero-order valence-corrected chi connectivity index (χ0v) is 29.7. The van der Waals surface area contributed by atoms with Crippen LogP contribution in [0.1, 0.15) is 0 Å². The molecule has 0 amide bonds. The lowest BCUT2D eigenvalue weighted by Crippen LogP contribution is -2.00. The molecule has 3 heterocycles. The molecule has 0 aliphatic rings. The fourth-order valence-corrected chi connectivity index (χ4v) is 7.26. The Morgan fingerprint density at radius 2 is 1.00 bits per heavy atom. The first-order chi connectivity index (χ1) is 27.2. The van der Waals surface area contributed by atoms with Gasteiger partial charge in [0.25, 0.3) is 0 Å². The van der Waals surface area contributed by atoms with Crippen molar-refractivity contribution < 1.29 is 0 Å². The molecule has 0 radical (unpaired) electrons. The van der Waals surface area contributed by atoms with Gasteiger partial charge in [0.1, 0.15) is 5.69 Å². The Labute approximate surface area is 318 Å². The molecule has 0 unspecified atom stereocenters. The predicted molar refractivity (Wildman–Crippen MR) is 222 cm³/mol. The second kappa shape index (κ2) is 13.8. The Bertz CT molecular complexity index is 2920. The monoisotopic (exact) mass is 704 g/mol. The van der Waals surface area contributed by atoms with Crippen molar-refractivity contribution in [2.75, 3.05) is 0 Å². The van der Waals surface area contributed by atoms with Gasteiger partial charge in [-0.2, -0.15) is 0 Å². The van der Waals surface area contributed by atoms with Crippen molar-refractivity contribution in [3.63, 3.8) is 0 Å². The number of hydrogen-bond acceptors (Lipinski definition) is 5. The lowest BCUT2D eigenvalue weighted by molar-refractivity contribution is 1.07. The van der Waals surface area contributed by atoms with Gasteiger partial charge >= 0.3 is 0 Å². The number of aromatic nitrogens is 6. The average molecular weight is 705 g/mol. The third-order valence-corrected chi connectivity index (χ3v) is 9.89. The van der Waals surface area contributed by atoms with Crippen LogP contribution >= 0.6 is 0 Å². The number of para-hydroxylation sites is 2. The molecule has 6 nitrogen and oxygen atoms in total. The Balaban J connectivity index is 1.11. The maximum atomic E-state index is 5.02. The van der Waals surface area contributed by atoms with Crippen LogP contribution in [0.5, 0.6) is 0 Å². The van der Waals surface area contributed by atoms with Crippen molar-refractivity contribution in [1.82, 2.24) is 29.5 Å². The lowest BCUT2D eigenvalue weighted by Gasteiger charge is -2.14. The van der Waals surface area contributed by atoms with Gasteiger partial charge in [0.2, 0.25) is 0 Å². The summed E-state index contributed by atoms with van der Waals surface area (Å²) in [5.74, 6) is 2.70. The van der Waals surface area contributed by atoms with E-state index in [1.165, 1.54) is 5.39 Å². The summed E-state index contributed by atoms with van der Waals surface area (Å²) in [5.41, 5.74) is 11.0. The van der Waals surface area contributed by atoms with E-state index < -0.39 is 0 Å². The Kier molecular flexibility index (Phi) is 8.04. The molecule has 0 saturated heterocycles. The molecule has 0 spiro atoms. The van der Waals surface area contributed by atoms with E-state index in [1.807, 2.05) is 97.2 Å². The largest absolute Gasteiger partial charge is 0.291 e. The SMILES string of the molecule is c1ccc(-c2nc(-c3ccccc3)nc(-c3cccc(-c4cc(-c5cccc(-n6c(-c7ccccn7)nc7ccccc76)c5)cc5ccccc45)c3)n2)cc1. The van der Waals surface area contributed by atoms with Gasteiger partial charge in [-0.1, -0.05) is 133 Å². The third-order valence-electron chi connectivity index (χ3n) is 9.89. The molecule has 7 aromatic carbocycles. The van der Waals surface area contributed by atoms with E-state index in [1.54, 1.807) is 0 Å². The summed E-state index contributed by atoms with van der Waals surface area (Å²) < 4.78 is 2.20.